The number of thiophene rings is 1. The summed E-state index contributed by atoms with van der Waals surface area (Å²) < 4.78 is 7.71. The van der Waals surface area contributed by atoms with Gasteiger partial charge in [-0.3, -0.25) is 4.79 Å². The van der Waals surface area contributed by atoms with E-state index in [-0.39, 0.29) is 12.4 Å². The van der Waals surface area contributed by atoms with E-state index in [1.807, 2.05) is 26.0 Å². The topological polar surface area (TPSA) is 31.2 Å². The highest BCUT2D eigenvalue weighted by Gasteiger charge is 2.17. The molecule has 0 saturated carbocycles. The molecule has 2 aromatic heterocycles. The number of aryl methyl sites for hydroxylation is 1. The van der Waals surface area contributed by atoms with Gasteiger partial charge in [0.05, 0.1) is 11.6 Å². The number of nitrogens with zero attached hydrogens (tertiary/aromatic N) is 1. The zero-order valence-corrected chi connectivity index (χ0v) is 16.2. The Morgan fingerprint density at radius 2 is 2.00 bits per heavy atom. The van der Waals surface area contributed by atoms with Gasteiger partial charge in [0.25, 0.3) is 0 Å². The number of carbonyl (C=O) groups excluding carboxylic acids is 1. The maximum Gasteiger partial charge on any atom is 0.202 e. The monoisotopic (exact) mass is 393 g/mol. The molecule has 0 unspecified atom stereocenters. The average molecular weight is 394 g/mol. The summed E-state index contributed by atoms with van der Waals surface area (Å²) in [5, 5.41) is 3.00. The van der Waals surface area contributed by atoms with E-state index in [1.165, 1.54) is 4.88 Å². The number of hydrogen-bond acceptors (Lipinski definition) is 3. The van der Waals surface area contributed by atoms with Crippen LogP contribution < -0.4 is 4.74 Å². The summed E-state index contributed by atoms with van der Waals surface area (Å²) in [4.78, 5) is 13.8. The van der Waals surface area contributed by atoms with E-state index in [0.29, 0.717) is 21.4 Å². The molecule has 1 aromatic carbocycles. The van der Waals surface area contributed by atoms with Crippen LogP contribution in [-0.4, -0.2) is 17.0 Å². The third-order valence-electron chi connectivity index (χ3n) is 4.02. The van der Waals surface area contributed by atoms with Crippen LogP contribution in [0, 0.1) is 13.8 Å². The molecular weight excluding hydrogens is 377 g/mol. The highest BCUT2D eigenvalue weighted by Crippen LogP contribution is 2.28. The molecule has 3 aromatic rings. The van der Waals surface area contributed by atoms with Gasteiger partial charge in [0.1, 0.15) is 5.75 Å². The van der Waals surface area contributed by atoms with E-state index in [4.69, 9.17) is 27.9 Å². The van der Waals surface area contributed by atoms with Gasteiger partial charge >= 0.3 is 0 Å². The fourth-order valence-corrected chi connectivity index (χ4v) is 3.72. The van der Waals surface area contributed by atoms with Crippen LogP contribution in [-0.2, 0) is 6.54 Å². The molecule has 0 spiro atoms. The van der Waals surface area contributed by atoms with Crippen LogP contribution in [0.1, 0.15) is 26.6 Å². The Labute approximate surface area is 160 Å². The molecule has 0 N–H and O–H groups in total. The first-order valence-corrected chi connectivity index (χ1v) is 9.39. The van der Waals surface area contributed by atoms with E-state index in [0.717, 1.165) is 17.9 Å². The van der Waals surface area contributed by atoms with Gasteiger partial charge in [-0.1, -0.05) is 29.3 Å². The number of ether oxygens (including phenoxy) is 1. The van der Waals surface area contributed by atoms with E-state index >= 15 is 0 Å². The Morgan fingerprint density at radius 3 is 2.72 bits per heavy atom. The second kappa shape index (κ2) is 7.65. The van der Waals surface area contributed by atoms with Crippen molar-refractivity contribution in [1.29, 1.82) is 0 Å². The lowest BCUT2D eigenvalue weighted by molar-refractivity contribution is 0.0921. The molecule has 0 saturated heterocycles. The molecule has 0 radical (unpaired) electrons. The number of rotatable bonds is 6. The summed E-state index contributed by atoms with van der Waals surface area (Å²) >= 11 is 13.7. The van der Waals surface area contributed by atoms with E-state index < -0.39 is 0 Å². The first-order chi connectivity index (χ1) is 12.0. The fourth-order valence-electron chi connectivity index (χ4n) is 2.69. The van der Waals surface area contributed by atoms with Gasteiger partial charge < -0.3 is 9.30 Å². The first-order valence-electron chi connectivity index (χ1n) is 7.76. The van der Waals surface area contributed by atoms with Gasteiger partial charge in [0.15, 0.2) is 6.61 Å². The fraction of sp³-hybridized carbons (Fsp3) is 0.211. The Hall–Kier alpha value is -1.75. The second-order valence-corrected chi connectivity index (χ2v) is 7.61. The molecule has 0 fully saturated rings. The van der Waals surface area contributed by atoms with E-state index in [1.54, 1.807) is 29.5 Å². The highest BCUT2D eigenvalue weighted by atomic mass is 35.5. The van der Waals surface area contributed by atoms with Crippen molar-refractivity contribution < 1.29 is 9.53 Å². The minimum absolute atomic E-state index is 0.0800. The first kappa shape index (κ1) is 18.1. The highest BCUT2D eigenvalue weighted by molar-refractivity contribution is 7.09. The standard InChI is InChI=1S/C19H17Cl2NO2S/c1-12-8-16(13(2)22(12)10-15-4-3-7-25-15)18(23)11-24-19-9-14(20)5-6-17(19)21/h3-9H,10-11H2,1-2H3. The number of halogens is 2. The molecule has 6 heteroatoms. The summed E-state index contributed by atoms with van der Waals surface area (Å²) in [7, 11) is 0. The quantitative estimate of drug-likeness (QED) is 0.496. The lowest BCUT2D eigenvalue weighted by Gasteiger charge is -2.09. The molecule has 3 nitrogen and oxygen atoms in total. The molecule has 130 valence electrons. The van der Waals surface area contributed by atoms with Gasteiger partial charge in [-0.2, -0.15) is 0 Å². The third kappa shape index (κ3) is 4.09. The van der Waals surface area contributed by atoms with Crippen molar-refractivity contribution in [3.8, 4) is 5.75 Å². The SMILES string of the molecule is Cc1cc(C(=O)COc2cc(Cl)ccc2Cl)c(C)n1Cc1cccs1. The minimum Gasteiger partial charge on any atom is -0.484 e. The Balaban J connectivity index is 1.75. The van der Waals surface area contributed by atoms with Gasteiger partial charge in [0.2, 0.25) is 5.78 Å². The number of benzene rings is 1. The lowest BCUT2D eigenvalue weighted by Crippen LogP contribution is -2.13. The molecule has 0 atom stereocenters. The molecule has 0 aliphatic rings. The normalized spacial score (nSPS) is 10.9. The molecule has 0 aliphatic carbocycles. The van der Waals surface area contributed by atoms with E-state index in [9.17, 15) is 4.79 Å². The third-order valence-corrected chi connectivity index (χ3v) is 5.43. The van der Waals surface area contributed by atoms with Gasteiger partial charge in [-0.15, -0.1) is 11.3 Å². The molecule has 0 aliphatic heterocycles. The largest absolute Gasteiger partial charge is 0.484 e. The van der Waals surface area contributed by atoms with Crippen molar-refractivity contribution in [2.45, 2.75) is 20.4 Å². The number of aromatic nitrogens is 1. The van der Waals surface area contributed by atoms with Crippen molar-refractivity contribution in [3.05, 3.63) is 73.7 Å². The maximum atomic E-state index is 12.6. The Morgan fingerprint density at radius 1 is 1.20 bits per heavy atom. The molecule has 0 bridgehead atoms. The molecule has 25 heavy (non-hydrogen) atoms. The molecular formula is C19H17Cl2NO2S. The maximum absolute atomic E-state index is 12.6. The Bertz CT molecular complexity index is 901. The molecule has 3 rings (SSSR count). The number of Topliss-reactive ketones (excluding diaryl/α,β-unsaturated/α-hetero) is 1. The summed E-state index contributed by atoms with van der Waals surface area (Å²) in [5.74, 6) is 0.330. The number of hydrogen-bond donors (Lipinski definition) is 0. The predicted molar refractivity (Wildman–Crippen MR) is 104 cm³/mol. The minimum atomic E-state index is -0.0819. The lowest BCUT2D eigenvalue weighted by atomic mass is 10.1. The van der Waals surface area contributed by atoms with Crippen molar-refractivity contribution in [2.75, 3.05) is 6.61 Å². The van der Waals surface area contributed by atoms with Crippen LogP contribution in [0.25, 0.3) is 0 Å². The summed E-state index contributed by atoms with van der Waals surface area (Å²) in [6, 6.07) is 11.0. The van der Waals surface area contributed by atoms with Crippen LogP contribution in [0.2, 0.25) is 10.0 Å². The van der Waals surface area contributed by atoms with Crippen LogP contribution in [0.15, 0.2) is 41.8 Å². The molecule has 2 heterocycles. The molecule has 0 amide bonds. The second-order valence-electron chi connectivity index (χ2n) is 5.74. The van der Waals surface area contributed by atoms with Crippen molar-refractivity contribution in [3.63, 3.8) is 0 Å². The van der Waals surface area contributed by atoms with Crippen LogP contribution in [0.5, 0.6) is 5.75 Å². The average Bonchev–Trinajstić information content (AvgIpc) is 3.19. The van der Waals surface area contributed by atoms with Gasteiger partial charge in [-0.25, -0.2) is 0 Å². The van der Waals surface area contributed by atoms with Crippen LogP contribution >= 0.6 is 34.5 Å². The van der Waals surface area contributed by atoms with Crippen LogP contribution in [0.3, 0.4) is 0 Å². The summed E-state index contributed by atoms with van der Waals surface area (Å²) in [6.07, 6.45) is 0. The van der Waals surface area contributed by atoms with Crippen molar-refractivity contribution in [1.82, 2.24) is 4.57 Å². The van der Waals surface area contributed by atoms with Crippen molar-refractivity contribution in [2.24, 2.45) is 0 Å². The zero-order chi connectivity index (χ0) is 18.0. The van der Waals surface area contributed by atoms with E-state index in [2.05, 4.69) is 16.0 Å². The summed E-state index contributed by atoms with van der Waals surface area (Å²) in [6.45, 7) is 4.65. The zero-order valence-electron chi connectivity index (χ0n) is 13.9. The van der Waals surface area contributed by atoms with Crippen molar-refractivity contribution >= 4 is 40.3 Å². The van der Waals surface area contributed by atoms with Gasteiger partial charge in [0, 0.05) is 32.9 Å². The Kier molecular flexibility index (Phi) is 5.52. The number of ketones is 1. The van der Waals surface area contributed by atoms with Gasteiger partial charge in [-0.05, 0) is 43.5 Å². The number of carbonyl (C=O) groups is 1. The summed E-state index contributed by atoms with van der Waals surface area (Å²) in [5.41, 5.74) is 2.67. The predicted octanol–water partition coefficient (Wildman–Crippen LogP) is 5.78. The van der Waals surface area contributed by atoms with Crippen LogP contribution in [0.4, 0.5) is 0 Å². The smallest absolute Gasteiger partial charge is 0.202 e.